The number of carbonyl (C=O) groups is 1. The van der Waals surface area contributed by atoms with Gasteiger partial charge >= 0.3 is 5.97 Å². The summed E-state index contributed by atoms with van der Waals surface area (Å²) >= 11 is 1.69. The van der Waals surface area contributed by atoms with Gasteiger partial charge in [0.2, 0.25) is 0 Å². The summed E-state index contributed by atoms with van der Waals surface area (Å²) < 4.78 is 0. The first kappa shape index (κ1) is 12.2. The summed E-state index contributed by atoms with van der Waals surface area (Å²) in [6, 6.07) is 4.10. The van der Waals surface area contributed by atoms with Crippen LogP contribution in [0.1, 0.15) is 25.1 Å². The quantitative estimate of drug-likeness (QED) is 0.784. The molecule has 1 rings (SSSR count). The largest absolute Gasteiger partial charge is 0.481 e. The highest BCUT2D eigenvalue weighted by molar-refractivity contribution is 7.09. The highest BCUT2D eigenvalue weighted by Crippen LogP contribution is 2.11. The molecule has 1 heterocycles. The molecule has 0 fully saturated rings. The van der Waals surface area contributed by atoms with Crippen LogP contribution in [0.2, 0.25) is 0 Å². The predicted molar refractivity (Wildman–Crippen MR) is 62.0 cm³/mol. The molecule has 84 valence electrons. The summed E-state index contributed by atoms with van der Waals surface area (Å²) in [6.07, 6.45) is 0.184. The average molecular weight is 227 g/mol. The molecule has 0 bridgehead atoms. The zero-order chi connectivity index (χ0) is 11.3. The van der Waals surface area contributed by atoms with Gasteiger partial charge in [-0.1, -0.05) is 19.9 Å². The Morgan fingerprint density at radius 3 is 2.80 bits per heavy atom. The highest BCUT2D eigenvalue weighted by Gasteiger charge is 2.16. The Balaban J connectivity index is 2.41. The van der Waals surface area contributed by atoms with Crippen molar-refractivity contribution < 1.29 is 9.90 Å². The molecular formula is C11H17NO2S. The van der Waals surface area contributed by atoms with Crippen LogP contribution >= 0.6 is 11.3 Å². The topological polar surface area (TPSA) is 49.3 Å². The fraction of sp³-hybridized carbons (Fsp3) is 0.545. The number of hydrogen-bond donors (Lipinski definition) is 2. The summed E-state index contributed by atoms with van der Waals surface area (Å²) in [5.74, 6) is -0.409. The molecule has 1 aromatic heterocycles. The van der Waals surface area contributed by atoms with Crippen molar-refractivity contribution in [3.05, 3.63) is 22.4 Å². The van der Waals surface area contributed by atoms with Gasteiger partial charge in [-0.05, 0) is 17.4 Å². The van der Waals surface area contributed by atoms with Crippen LogP contribution in [-0.4, -0.2) is 17.1 Å². The van der Waals surface area contributed by atoms with Crippen LogP contribution in [0, 0.1) is 5.92 Å². The second-order valence-electron chi connectivity index (χ2n) is 3.91. The van der Waals surface area contributed by atoms with Crippen molar-refractivity contribution >= 4 is 17.3 Å². The molecule has 0 aliphatic rings. The van der Waals surface area contributed by atoms with Crippen LogP contribution in [0.25, 0.3) is 0 Å². The van der Waals surface area contributed by atoms with E-state index in [0.717, 1.165) is 6.54 Å². The summed E-state index contributed by atoms with van der Waals surface area (Å²) in [4.78, 5) is 11.9. The van der Waals surface area contributed by atoms with Crippen LogP contribution in [-0.2, 0) is 11.3 Å². The van der Waals surface area contributed by atoms with Crippen LogP contribution in [0.5, 0.6) is 0 Å². The molecule has 3 nitrogen and oxygen atoms in total. The number of carboxylic acids is 1. The highest BCUT2D eigenvalue weighted by atomic mass is 32.1. The maximum absolute atomic E-state index is 10.6. The number of nitrogens with one attached hydrogen (secondary N) is 1. The lowest BCUT2D eigenvalue weighted by atomic mass is 10.0. The SMILES string of the molecule is CC(C)C(CC(=O)O)NCc1cccs1. The molecule has 0 aromatic carbocycles. The van der Waals surface area contributed by atoms with E-state index in [1.165, 1.54) is 4.88 Å². The van der Waals surface area contributed by atoms with E-state index in [9.17, 15) is 4.79 Å². The van der Waals surface area contributed by atoms with Gasteiger partial charge < -0.3 is 10.4 Å². The zero-order valence-corrected chi connectivity index (χ0v) is 9.88. The molecule has 4 heteroatoms. The molecule has 1 aromatic rings. The van der Waals surface area contributed by atoms with Gasteiger partial charge in [-0.25, -0.2) is 0 Å². The monoisotopic (exact) mass is 227 g/mol. The Kier molecular flexibility index (Phi) is 4.78. The van der Waals surface area contributed by atoms with Gasteiger partial charge in [-0.3, -0.25) is 4.79 Å². The standard InChI is InChI=1S/C11H17NO2S/c1-8(2)10(6-11(13)14)12-7-9-4-3-5-15-9/h3-5,8,10,12H,6-7H2,1-2H3,(H,13,14). The Bertz CT molecular complexity index is 296. The first-order valence-corrected chi connectivity index (χ1v) is 5.95. The van der Waals surface area contributed by atoms with Gasteiger partial charge in [0.15, 0.2) is 0 Å². The van der Waals surface area contributed by atoms with Gasteiger partial charge in [0.1, 0.15) is 0 Å². The number of thiophene rings is 1. The zero-order valence-electron chi connectivity index (χ0n) is 9.06. The van der Waals surface area contributed by atoms with Gasteiger partial charge in [-0.15, -0.1) is 11.3 Å². The molecule has 0 aliphatic heterocycles. The lowest BCUT2D eigenvalue weighted by molar-refractivity contribution is -0.137. The van der Waals surface area contributed by atoms with E-state index >= 15 is 0 Å². The maximum Gasteiger partial charge on any atom is 0.304 e. The van der Waals surface area contributed by atoms with E-state index in [-0.39, 0.29) is 12.5 Å². The summed E-state index contributed by atoms with van der Waals surface area (Å²) in [5.41, 5.74) is 0. The molecule has 1 atom stereocenters. The number of carboxylic acid groups (broad SMARTS) is 1. The Hall–Kier alpha value is -0.870. The molecule has 1 unspecified atom stereocenters. The smallest absolute Gasteiger partial charge is 0.304 e. The first-order valence-electron chi connectivity index (χ1n) is 5.07. The van der Waals surface area contributed by atoms with Gasteiger partial charge in [0.25, 0.3) is 0 Å². The van der Waals surface area contributed by atoms with Gasteiger partial charge in [0.05, 0.1) is 6.42 Å². The van der Waals surface area contributed by atoms with Crippen molar-refractivity contribution in [3.63, 3.8) is 0 Å². The minimum absolute atomic E-state index is 0.0459. The normalized spacial score (nSPS) is 13.0. The molecule has 15 heavy (non-hydrogen) atoms. The van der Waals surface area contributed by atoms with E-state index in [1.54, 1.807) is 11.3 Å². The molecule has 0 amide bonds. The predicted octanol–water partition coefficient (Wildman–Crippen LogP) is 2.34. The Morgan fingerprint density at radius 1 is 1.60 bits per heavy atom. The summed E-state index contributed by atoms with van der Waals surface area (Å²) in [7, 11) is 0. The van der Waals surface area contributed by atoms with Crippen molar-refractivity contribution in [2.75, 3.05) is 0 Å². The molecule has 2 N–H and O–H groups in total. The third-order valence-corrected chi connectivity index (χ3v) is 3.19. The van der Waals surface area contributed by atoms with Crippen molar-refractivity contribution in [1.29, 1.82) is 0 Å². The third-order valence-electron chi connectivity index (χ3n) is 2.32. The second-order valence-corrected chi connectivity index (χ2v) is 4.94. The average Bonchev–Trinajstić information content (AvgIpc) is 2.63. The fourth-order valence-electron chi connectivity index (χ4n) is 1.38. The maximum atomic E-state index is 10.6. The molecule has 0 saturated carbocycles. The Morgan fingerprint density at radius 2 is 2.33 bits per heavy atom. The van der Waals surface area contributed by atoms with Crippen molar-refractivity contribution in [2.45, 2.75) is 32.9 Å². The van der Waals surface area contributed by atoms with E-state index in [2.05, 4.69) is 11.4 Å². The van der Waals surface area contributed by atoms with E-state index in [4.69, 9.17) is 5.11 Å². The molecular weight excluding hydrogens is 210 g/mol. The molecule has 0 saturated heterocycles. The number of aliphatic carboxylic acids is 1. The summed E-state index contributed by atoms with van der Waals surface area (Å²) in [6.45, 7) is 4.83. The van der Waals surface area contributed by atoms with Crippen LogP contribution in [0.4, 0.5) is 0 Å². The fourth-order valence-corrected chi connectivity index (χ4v) is 2.03. The third kappa shape index (κ3) is 4.44. The number of rotatable bonds is 6. The minimum atomic E-state index is -0.743. The van der Waals surface area contributed by atoms with Crippen molar-refractivity contribution in [1.82, 2.24) is 5.32 Å². The van der Waals surface area contributed by atoms with Crippen LogP contribution < -0.4 is 5.32 Å². The second kappa shape index (κ2) is 5.88. The lowest BCUT2D eigenvalue weighted by Gasteiger charge is -2.20. The first-order chi connectivity index (χ1) is 7.09. The molecule has 0 spiro atoms. The van der Waals surface area contributed by atoms with E-state index < -0.39 is 5.97 Å². The van der Waals surface area contributed by atoms with Crippen molar-refractivity contribution in [3.8, 4) is 0 Å². The minimum Gasteiger partial charge on any atom is -0.481 e. The molecule has 0 aliphatic carbocycles. The van der Waals surface area contributed by atoms with Crippen LogP contribution in [0.3, 0.4) is 0 Å². The van der Waals surface area contributed by atoms with Gasteiger partial charge in [0, 0.05) is 17.5 Å². The number of hydrogen-bond acceptors (Lipinski definition) is 3. The van der Waals surface area contributed by atoms with E-state index in [1.807, 2.05) is 25.3 Å². The summed E-state index contributed by atoms with van der Waals surface area (Å²) in [5, 5.41) is 14.1. The van der Waals surface area contributed by atoms with Crippen molar-refractivity contribution in [2.24, 2.45) is 5.92 Å². The lowest BCUT2D eigenvalue weighted by Crippen LogP contribution is -2.35. The van der Waals surface area contributed by atoms with Gasteiger partial charge in [-0.2, -0.15) is 0 Å². The Labute approximate surface area is 94.1 Å². The van der Waals surface area contributed by atoms with Crippen LogP contribution in [0.15, 0.2) is 17.5 Å². The van der Waals surface area contributed by atoms with E-state index in [0.29, 0.717) is 5.92 Å². The molecule has 0 radical (unpaired) electrons.